The monoisotopic (exact) mass is 241 g/mol. The number of fused-ring (bicyclic) bond motifs is 1. The Morgan fingerprint density at radius 2 is 2.12 bits per heavy atom. The van der Waals surface area contributed by atoms with Crippen molar-refractivity contribution in [2.24, 2.45) is 0 Å². The normalized spacial score (nSPS) is 20.1. The zero-order chi connectivity index (χ0) is 12.3. The number of hydrogen-bond acceptors (Lipinski definition) is 2. The molecule has 1 unspecified atom stereocenters. The van der Waals surface area contributed by atoms with Crippen molar-refractivity contribution in [1.82, 2.24) is 5.32 Å². The third-order valence-electron chi connectivity index (χ3n) is 3.21. The standard InChI is InChI=1S/C13H17F2NO/c14-13(15,9-17)8-16-12-7-3-5-10-4-1-2-6-11(10)12/h1-2,4,6,12,16-17H,3,5,7-9H2. The van der Waals surface area contributed by atoms with Gasteiger partial charge in [0, 0.05) is 6.04 Å². The molecule has 0 fully saturated rings. The predicted molar refractivity (Wildman–Crippen MR) is 62.2 cm³/mol. The molecular formula is C13H17F2NO. The molecule has 2 nitrogen and oxygen atoms in total. The van der Waals surface area contributed by atoms with E-state index in [0.717, 1.165) is 24.8 Å². The first-order valence-corrected chi connectivity index (χ1v) is 5.92. The molecule has 0 bridgehead atoms. The van der Waals surface area contributed by atoms with Crippen LogP contribution < -0.4 is 5.32 Å². The van der Waals surface area contributed by atoms with Crippen molar-refractivity contribution in [3.63, 3.8) is 0 Å². The van der Waals surface area contributed by atoms with E-state index in [9.17, 15) is 8.78 Å². The van der Waals surface area contributed by atoms with Crippen molar-refractivity contribution in [3.05, 3.63) is 35.4 Å². The molecule has 2 N–H and O–H groups in total. The van der Waals surface area contributed by atoms with E-state index in [4.69, 9.17) is 5.11 Å². The molecule has 0 radical (unpaired) electrons. The van der Waals surface area contributed by atoms with Crippen LogP contribution in [-0.2, 0) is 6.42 Å². The second-order valence-electron chi connectivity index (χ2n) is 4.54. The Morgan fingerprint density at radius 3 is 2.88 bits per heavy atom. The van der Waals surface area contributed by atoms with Gasteiger partial charge in [0.2, 0.25) is 0 Å². The number of aliphatic hydroxyl groups excluding tert-OH is 1. The van der Waals surface area contributed by atoms with E-state index in [-0.39, 0.29) is 6.04 Å². The van der Waals surface area contributed by atoms with Crippen LogP contribution in [0, 0.1) is 0 Å². The Kier molecular flexibility index (Phi) is 3.74. The predicted octanol–water partition coefficient (Wildman–Crippen LogP) is 2.28. The van der Waals surface area contributed by atoms with Crippen LogP contribution in [0.4, 0.5) is 8.78 Å². The molecule has 1 aliphatic carbocycles. The number of rotatable bonds is 4. The van der Waals surface area contributed by atoms with Crippen molar-refractivity contribution >= 4 is 0 Å². The third-order valence-corrected chi connectivity index (χ3v) is 3.21. The highest BCUT2D eigenvalue weighted by Crippen LogP contribution is 2.29. The van der Waals surface area contributed by atoms with Gasteiger partial charge in [-0.1, -0.05) is 24.3 Å². The lowest BCUT2D eigenvalue weighted by Crippen LogP contribution is -2.38. The summed E-state index contributed by atoms with van der Waals surface area (Å²) in [7, 11) is 0. The van der Waals surface area contributed by atoms with E-state index in [1.165, 1.54) is 5.56 Å². The zero-order valence-corrected chi connectivity index (χ0v) is 9.63. The van der Waals surface area contributed by atoms with Crippen molar-refractivity contribution in [1.29, 1.82) is 0 Å². The van der Waals surface area contributed by atoms with Crippen molar-refractivity contribution in [2.75, 3.05) is 13.2 Å². The average Bonchev–Trinajstić information content (AvgIpc) is 2.36. The smallest absolute Gasteiger partial charge is 0.282 e. The SMILES string of the molecule is OCC(F)(F)CNC1CCCc2ccccc21. The zero-order valence-electron chi connectivity index (χ0n) is 9.63. The summed E-state index contributed by atoms with van der Waals surface area (Å²) in [5.74, 6) is -3.04. The first-order chi connectivity index (χ1) is 8.12. The highest BCUT2D eigenvalue weighted by Gasteiger charge is 2.29. The third kappa shape index (κ3) is 3.01. The van der Waals surface area contributed by atoms with E-state index in [1.807, 2.05) is 24.3 Å². The summed E-state index contributed by atoms with van der Waals surface area (Å²) in [6.07, 6.45) is 2.91. The molecule has 4 heteroatoms. The average molecular weight is 241 g/mol. The summed E-state index contributed by atoms with van der Waals surface area (Å²) in [6.45, 7) is -1.57. The van der Waals surface area contributed by atoms with E-state index < -0.39 is 19.1 Å². The Bertz CT molecular complexity index is 381. The highest BCUT2D eigenvalue weighted by molar-refractivity contribution is 5.32. The molecule has 0 amide bonds. The van der Waals surface area contributed by atoms with Crippen LogP contribution >= 0.6 is 0 Å². The van der Waals surface area contributed by atoms with Crippen LogP contribution in [0.25, 0.3) is 0 Å². The molecule has 1 atom stereocenters. The maximum Gasteiger partial charge on any atom is 0.282 e. The minimum Gasteiger partial charge on any atom is -0.390 e. The van der Waals surface area contributed by atoms with Crippen LogP contribution in [0.15, 0.2) is 24.3 Å². The number of halogens is 2. The largest absolute Gasteiger partial charge is 0.390 e. The molecule has 1 aromatic carbocycles. The fourth-order valence-electron chi connectivity index (χ4n) is 2.29. The summed E-state index contributed by atoms with van der Waals surface area (Å²) in [4.78, 5) is 0. The number of hydrogen-bond donors (Lipinski definition) is 2. The van der Waals surface area contributed by atoms with Gasteiger partial charge in [-0.05, 0) is 30.4 Å². The summed E-state index contributed by atoms with van der Waals surface area (Å²) in [6, 6.07) is 7.93. The molecule has 1 aromatic rings. The Morgan fingerprint density at radius 1 is 1.35 bits per heavy atom. The second-order valence-corrected chi connectivity index (χ2v) is 4.54. The van der Waals surface area contributed by atoms with Gasteiger partial charge in [0.25, 0.3) is 5.92 Å². The van der Waals surface area contributed by atoms with Crippen LogP contribution in [0.5, 0.6) is 0 Å². The van der Waals surface area contributed by atoms with E-state index in [1.54, 1.807) is 0 Å². The van der Waals surface area contributed by atoms with E-state index >= 15 is 0 Å². The van der Waals surface area contributed by atoms with Crippen LogP contribution in [0.2, 0.25) is 0 Å². The lowest BCUT2D eigenvalue weighted by atomic mass is 9.88. The van der Waals surface area contributed by atoms with E-state index in [2.05, 4.69) is 5.32 Å². The van der Waals surface area contributed by atoms with Gasteiger partial charge in [-0.15, -0.1) is 0 Å². The van der Waals surface area contributed by atoms with Gasteiger partial charge in [-0.3, -0.25) is 0 Å². The molecule has 2 rings (SSSR count). The molecule has 0 aromatic heterocycles. The van der Waals surface area contributed by atoms with Gasteiger partial charge in [0.15, 0.2) is 0 Å². The molecule has 94 valence electrons. The fourth-order valence-corrected chi connectivity index (χ4v) is 2.29. The van der Waals surface area contributed by atoms with Gasteiger partial charge < -0.3 is 10.4 Å². The minimum absolute atomic E-state index is 0.0163. The van der Waals surface area contributed by atoms with Gasteiger partial charge in [-0.25, -0.2) is 8.78 Å². The molecule has 0 saturated heterocycles. The fraction of sp³-hybridized carbons (Fsp3) is 0.538. The number of aryl methyl sites for hydroxylation is 1. The minimum atomic E-state index is -3.04. The Labute approximate surface area is 99.7 Å². The highest BCUT2D eigenvalue weighted by atomic mass is 19.3. The number of nitrogens with one attached hydrogen (secondary N) is 1. The summed E-state index contributed by atoms with van der Waals surface area (Å²) in [5, 5.41) is 11.4. The van der Waals surface area contributed by atoms with Crippen LogP contribution in [0.1, 0.15) is 30.0 Å². The van der Waals surface area contributed by atoms with Crippen molar-refractivity contribution < 1.29 is 13.9 Å². The van der Waals surface area contributed by atoms with Gasteiger partial charge in [0.1, 0.15) is 6.61 Å². The number of alkyl halides is 2. The topological polar surface area (TPSA) is 32.3 Å². The summed E-state index contributed by atoms with van der Waals surface area (Å²) >= 11 is 0. The first kappa shape index (κ1) is 12.5. The van der Waals surface area contributed by atoms with Crippen LogP contribution in [0.3, 0.4) is 0 Å². The molecule has 0 aliphatic heterocycles. The summed E-state index contributed by atoms with van der Waals surface area (Å²) < 4.78 is 25.9. The van der Waals surface area contributed by atoms with Gasteiger partial charge in [0.05, 0.1) is 6.54 Å². The molecular weight excluding hydrogens is 224 g/mol. The summed E-state index contributed by atoms with van der Waals surface area (Å²) in [5.41, 5.74) is 2.36. The van der Waals surface area contributed by atoms with Crippen molar-refractivity contribution in [2.45, 2.75) is 31.2 Å². The van der Waals surface area contributed by atoms with Crippen LogP contribution in [-0.4, -0.2) is 24.2 Å². The second kappa shape index (κ2) is 5.10. The number of aliphatic hydroxyl groups is 1. The molecule has 0 heterocycles. The lowest BCUT2D eigenvalue weighted by molar-refractivity contribution is -0.0496. The lowest BCUT2D eigenvalue weighted by Gasteiger charge is -2.27. The van der Waals surface area contributed by atoms with Crippen molar-refractivity contribution in [3.8, 4) is 0 Å². The Balaban J connectivity index is 2.04. The molecule has 0 spiro atoms. The quantitative estimate of drug-likeness (QED) is 0.847. The molecule has 1 aliphatic rings. The first-order valence-electron chi connectivity index (χ1n) is 5.92. The van der Waals surface area contributed by atoms with Gasteiger partial charge >= 0.3 is 0 Å². The van der Waals surface area contributed by atoms with E-state index in [0.29, 0.717) is 0 Å². The molecule has 0 saturated carbocycles. The number of benzene rings is 1. The van der Waals surface area contributed by atoms with Gasteiger partial charge in [-0.2, -0.15) is 0 Å². The Hall–Kier alpha value is -1.00. The molecule has 17 heavy (non-hydrogen) atoms. The maximum absolute atomic E-state index is 13.0. The maximum atomic E-state index is 13.0.